The summed E-state index contributed by atoms with van der Waals surface area (Å²) in [5.41, 5.74) is 7.12. The van der Waals surface area contributed by atoms with Crippen LogP contribution in [-0.4, -0.2) is 24.0 Å². The van der Waals surface area contributed by atoms with Crippen molar-refractivity contribution >= 4 is 28.3 Å². The highest BCUT2D eigenvalue weighted by Gasteiger charge is 2.23. The van der Waals surface area contributed by atoms with E-state index >= 15 is 0 Å². The number of hydrogen-bond acceptors (Lipinski definition) is 2. The van der Waals surface area contributed by atoms with Gasteiger partial charge in [-0.2, -0.15) is 0 Å². The van der Waals surface area contributed by atoms with E-state index in [4.69, 9.17) is 5.73 Å². The van der Waals surface area contributed by atoms with Crippen molar-refractivity contribution < 1.29 is 0 Å². The molecule has 1 fully saturated rings. The number of rotatable bonds is 3. The minimum Gasteiger partial charge on any atom is -0.329 e. The van der Waals surface area contributed by atoms with Gasteiger partial charge in [-0.1, -0.05) is 34.1 Å². The van der Waals surface area contributed by atoms with Crippen LogP contribution in [0.15, 0.2) is 28.7 Å². The van der Waals surface area contributed by atoms with Gasteiger partial charge in [-0.3, -0.25) is 4.90 Å². The van der Waals surface area contributed by atoms with Crippen molar-refractivity contribution in [3.63, 3.8) is 0 Å². The Balaban J connectivity index is 0.00000128. The zero-order valence-electron chi connectivity index (χ0n) is 9.23. The molecule has 1 aliphatic heterocycles. The van der Waals surface area contributed by atoms with Crippen molar-refractivity contribution in [2.75, 3.05) is 13.1 Å². The zero-order chi connectivity index (χ0) is 10.7. The Hall–Kier alpha value is -0.0900. The molecular formula is C12H18BrClN2. The van der Waals surface area contributed by atoms with Crippen molar-refractivity contribution in [1.29, 1.82) is 0 Å². The van der Waals surface area contributed by atoms with Crippen LogP contribution in [0.5, 0.6) is 0 Å². The summed E-state index contributed by atoms with van der Waals surface area (Å²) < 4.78 is 1.20. The van der Waals surface area contributed by atoms with Gasteiger partial charge in [0.1, 0.15) is 0 Å². The maximum Gasteiger partial charge on any atom is 0.0248 e. The van der Waals surface area contributed by atoms with E-state index < -0.39 is 0 Å². The summed E-state index contributed by atoms with van der Waals surface area (Å²) in [6.07, 6.45) is 2.53. The molecule has 1 unspecified atom stereocenters. The minimum absolute atomic E-state index is 0. The first-order chi connectivity index (χ1) is 7.31. The first-order valence-corrected chi connectivity index (χ1v) is 6.28. The lowest BCUT2D eigenvalue weighted by Crippen LogP contribution is -2.34. The molecule has 1 aromatic rings. The number of halogens is 2. The van der Waals surface area contributed by atoms with Crippen molar-refractivity contribution in [1.82, 2.24) is 4.90 Å². The molecule has 16 heavy (non-hydrogen) atoms. The third-order valence-electron chi connectivity index (χ3n) is 3.10. The van der Waals surface area contributed by atoms with Gasteiger partial charge in [0.2, 0.25) is 0 Å². The van der Waals surface area contributed by atoms with Crippen molar-refractivity contribution in [2.45, 2.75) is 25.4 Å². The molecule has 2 rings (SSSR count). The second-order valence-corrected chi connectivity index (χ2v) is 4.95. The van der Waals surface area contributed by atoms with Crippen LogP contribution in [0.1, 0.15) is 18.4 Å². The SMILES string of the molecule is Cl.NCC1CCCN1Cc1ccccc1Br. The smallest absolute Gasteiger partial charge is 0.0248 e. The number of nitrogens with two attached hydrogens (primary N) is 1. The topological polar surface area (TPSA) is 29.3 Å². The second-order valence-electron chi connectivity index (χ2n) is 4.09. The third-order valence-corrected chi connectivity index (χ3v) is 3.88. The van der Waals surface area contributed by atoms with E-state index in [1.165, 1.54) is 29.4 Å². The van der Waals surface area contributed by atoms with Gasteiger partial charge in [0.05, 0.1) is 0 Å². The molecular weight excluding hydrogens is 288 g/mol. The van der Waals surface area contributed by atoms with Gasteiger partial charge in [0, 0.05) is 23.6 Å². The predicted octanol–water partition coefficient (Wildman–Crippen LogP) is 2.79. The second kappa shape index (κ2) is 6.60. The van der Waals surface area contributed by atoms with E-state index in [2.05, 4.69) is 45.1 Å². The summed E-state index contributed by atoms with van der Waals surface area (Å²) in [6, 6.07) is 9.00. The minimum atomic E-state index is 0. The molecule has 2 N–H and O–H groups in total. The van der Waals surface area contributed by atoms with E-state index in [-0.39, 0.29) is 12.4 Å². The van der Waals surface area contributed by atoms with Crippen LogP contribution in [0, 0.1) is 0 Å². The first kappa shape index (κ1) is 14.0. The van der Waals surface area contributed by atoms with Crippen LogP contribution in [0.4, 0.5) is 0 Å². The molecule has 0 bridgehead atoms. The Morgan fingerprint density at radius 2 is 2.12 bits per heavy atom. The van der Waals surface area contributed by atoms with Crippen LogP contribution < -0.4 is 5.73 Å². The molecule has 0 spiro atoms. The first-order valence-electron chi connectivity index (χ1n) is 5.49. The summed E-state index contributed by atoms with van der Waals surface area (Å²) in [5.74, 6) is 0. The summed E-state index contributed by atoms with van der Waals surface area (Å²) in [5, 5.41) is 0. The maximum absolute atomic E-state index is 5.76. The number of nitrogens with zero attached hydrogens (tertiary/aromatic N) is 1. The number of benzene rings is 1. The predicted molar refractivity (Wildman–Crippen MR) is 73.9 cm³/mol. The van der Waals surface area contributed by atoms with Crippen LogP contribution >= 0.6 is 28.3 Å². The molecule has 0 saturated carbocycles. The average molecular weight is 306 g/mol. The van der Waals surface area contributed by atoms with Crippen molar-refractivity contribution in [3.05, 3.63) is 34.3 Å². The van der Waals surface area contributed by atoms with E-state index in [1.54, 1.807) is 0 Å². The van der Waals surface area contributed by atoms with Crippen molar-refractivity contribution in [2.24, 2.45) is 5.73 Å². The van der Waals surface area contributed by atoms with Crippen molar-refractivity contribution in [3.8, 4) is 0 Å². The average Bonchev–Trinajstić information content (AvgIpc) is 2.69. The summed E-state index contributed by atoms with van der Waals surface area (Å²) in [6.45, 7) is 2.98. The molecule has 4 heteroatoms. The summed E-state index contributed by atoms with van der Waals surface area (Å²) in [7, 11) is 0. The Kier molecular flexibility index (Phi) is 5.76. The highest BCUT2D eigenvalue weighted by atomic mass is 79.9. The van der Waals surface area contributed by atoms with Crippen LogP contribution in [-0.2, 0) is 6.54 Å². The van der Waals surface area contributed by atoms with Gasteiger partial charge in [-0.05, 0) is 31.0 Å². The fraction of sp³-hybridized carbons (Fsp3) is 0.500. The zero-order valence-corrected chi connectivity index (χ0v) is 11.6. The molecule has 1 atom stereocenters. The van der Waals surface area contributed by atoms with Gasteiger partial charge in [-0.15, -0.1) is 12.4 Å². The highest BCUT2D eigenvalue weighted by Crippen LogP contribution is 2.23. The monoisotopic (exact) mass is 304 g/mol. The molecule has 1 aliphatic rings. The summed E-state index contributed by atoms with van der Waals surface area (Å²) in [4.78, 5) is 2.49. The molecule has 2 nitrogen and oxygen atoms in total. The lowest BCUT2D eigenvalue weighted by atomic mass is 10.2. The van der Waals surface area contributed by atoms with Gasteiger partial charge >= 0.3 is 0 Å². The molecule has 0 aromatic heterocycles. The quantitative estimate of drug-likeness (QED) is 0.930. The van der Waals surface area contributed by atoms with E-state index in [1.807, 2.05) is 0 Å². The highest BCUT2D eigenvalue weighted by molar-refractivity contribution is 9.10. The van der Waals surface area contributed by atoms with Gasteiger partial charge in [0.25, 0.3) is 0 Å². The lowest BCUT2D eigenvalue weighted by molar-refractivity contribution is 0.250. The van der Waals surface area contributed by atoms with Gasteiger partial charge < -0.3 is 5.73 Å². The molecule has 1 aromatic carbocycles. The Morgan fingerprint density at radius 1 is 1.38 bits per heavy atom. The molecule has 1 saturated heterocycles. The standard InChI is InChI=1S/C12H17BrN2.ClH/c13-12-6-2-1-4-10(12)9-15-7-3-5-11(15)8-14;/h1-2,4,6,11H,3,5,7-9,14H2;1H. The molecule has 1 heterocycles. The fourth-order valence-corrected chi connectivity index (χ4v) is 2.63. The Morgan fingerprint density at radius 3 is 2.81 bits per heavy atom. The molecule has 0 aliphatic carbocycles. The number of likely N-dealkylation sites (tertiary alicyclic amines) is 1. The van der Waals surface area contributed by atoms with Crippen LogP contribution in [0.3, 0.4) is 0 Å². The molecule has 0 amide bonds. The van der Waals surface area contributed by atoms with Gasteiger partial charge in [-0.25, -0.2) is 0 Å². The van der Waals surface area contributed by atoms with E-state index in [0.717, 1.165) is 13.1 Å². The normalized spacial score (nSPS) is 20.8. The van der Waals surface area contributed by atoms with Crippen LogP contribution in [0.25, 0.3) is 0 Å². The number of hydrogen-bond donors (Lipinski definition) is 1. The van der Waals surface area contributed by atoms with Gasteiger partial charge in [0.15, 0.2) is 0 Å². The van der Waals surface area contributed by atoms with Crippen LogP contribution in [0.2, 0.25) is 0 Å². The molecule has 90 valence electrons. The Bertz CT molecular complexity index is 333. The van der Waals surface area contributed by atoms with E-state index in [9.17, 15) is 0 Å². The lowest BCUT2D eigenvalue weighted by Gasteiger charge is -2.23. The molecule has 0 radical (unpaired) electrons. The fourth-order valence-electron chi connectivity index (χ4n) is 2.22. The summed E-state index contributed by atoms with van der Waals surface area (Å²) >= 11 is 3.59. The maximum atomic E-state index is 5.76. The third kappa shape index (κ3) is 3.20. The van der Waals surface area contributed by atoms with E-state index in [0.29, 0.717) is 6.04 Å². The Labute approximate surface area is 112 Å². The largest absolute Gasteiger partial charge is 0.329 e.